The van der Waals surface area contributed by atoms with Gasteiger partial charge in [0.2, 0.25) is 0 Å². The van der Waals surface area contributed by atoms with Gasteiger partial charge in [0.1, 0.15) is 35.9 Å². The van der Waals surface area contributed by atoms with Crippen molar-refractivity contribution in [3.8, 4) is 0 Å². The number of fused-ring (bicyclic) bond motifs is 2. The fourth-order valence-corrected chi connectivity index (χ4v) is 7.94. The van der Waals surface area contributed by atoms with Gasteiger partial charge in [-0.1, -0.05) is 55.9 Å². The summed E-state index contributed by atoms with van der Waals surface area (Å²) in [5, 5.41) is 24.0. The molecule has 1 spiro atoms. The van der Waals surface area contributed by atoms with Crippen molar-refractivity contribution >= 4 is 5.97 Å². The molecule has 9 heteroatoms. The van der Waals surface area contributed by atoms with Gasteiger partial charge in [0.25, 0.3) is 0 Å². The molecular formula is C36H52O9. The van der Waals surface area contributed by atoms with E-state index >= 15 is 0 Å². The number of ether oxygens (including phenoxy) is 6. The number of carbonyl (C=O) groups is 1. The fourth-order valence-electron chi connectivity index (χ4n) is 7.94. The predicted molar refractivity (Wildman–Crippen MR) is 169 cm³/mol. The molecule has 4 aliphatic heterocycles. The lowest BCUT2D eigenvalue weighted by molar-refractivity contribution is -0.363. The van der Waals surface area contributed by atoms with E-state index in [1.54, 1.807) is 19.3 Å². The zero-order chi connectivity index (χ0) is 32.7. The predicted octanol–water partition coefficient (Wildman–Crippen LogP) is 5.08. The molecule has 3 fully saturated rings. The van der Waals surface area contributed by atoms with Crippen molar-refractivity contribution in [2.45, 2.75) is 128 Å². The third-order valence-electron chi connectivity index (χ3n) is 10.4. The lowest BCUT2D eigenvalue weighted by Gasteiger charge is -2.52. The number of aliphatic hydroxyl groups excluding tert-OH is 1. The number of carbonyl (C=O) groups excluding carboxylic acids is 1. The van der Waals surface area contributed by atoms with Crippen LogP contribution >= 0.6 is 0 Å². The molecular weight excluding hydrogens is 576 g/mol. The van der Waals surface area contributed by atoms with Gasteiger partial charge in [0, 0.05) is 32.6 Å². The van der Waals surface area contributed by atoms with Crippen molar-refractivity contribution in [1.82, 2.24) is 0 Å². The summed E-state index contributed by atoms with van der Waals surface area (Å²) in [5.74, 6) is -2.69. The van der Waals surface area contributed by atoms with E-state index in [0.29, 0.717) is 24.8 Å². The third kappa shape index (κ3) is 6.42. The maximum Gasteiger partial charge on any atom is 0.316 e. The topological polar surface area (TPSA) is 113 Å². The van der Waals surface area contributed by atoms with E-state index in [1.807, 2.05) is 32.9 Å². The molecule has 0 amide bonds. The highest BCUT2D eigenvalue weighted by atomic mass is 16.7. The van der Waals surface area contributed by atoms with Crippen LogP contribution in [0.5, 0.6) is 0 Å². The van der Waals surface area contributed by atoms with Crippen LogP contribution in [0.15, 0.2) is 58.7 Å². The first-order valence-electron chi connectivity index (χ1n) is 16.4. The summed E-state index contributed by atoms with van der Waals surface area (Å²) >= 11 is 0. The SMILES string of the molecule is C/C=C(\C)[C@H]1O[C@@]2(C[C@@H]3C[C@@H](C/C=C(\C)C[C@@H](C)/C=C/C=C4\C(OC)OC5[C@H](OC)C(C)=C[C@@H](C(=O)O3)[C@]45O)O2)[C@H](O)C[C@@H]1C. The van der Waals surface area contributed by atoms with Crippen LogP contribution in [0, 0.1) is 17.8 Å². The maximum absolute atomic E-state index is 14.3. The van der Waals surface area contributed by atoms with Crippen LogP contribution in [0.3, 0.4) is 0 Å². The summed E-state index contributed by atoms with van der Waals surface area (Å²) in [7, 11) is 3.08. The van der Waals surface area contributed by atoms with Crippen LogP contribution in [0.2, 0.25) is 0 Å². The minimum atomic E-state index is -1.77. The number of hydrogen-bond donors (Lipinski definition) is 2. The second-order valence-electron chi connectivity index (χ2n) is 13.8. The minimum Gasteiger partial charge on any atom is -0.462 e. The van der Waals surface area contributed by atoms with Gasteiger partial charge < -0.3 is 38.6 Å². The highest BCUT2D eigenvalue weighted by molar-refractivity contribution is 5.78. The molecule has 2 bridgehead atoms. The molecule has 3 saturated heterocycles. The summed E-state index contributed by atoms with van der Waals surface area (Å²) < 4.78 is 37.3. The van der Waals surface area contributed by atoms with E-state index in [2.05, 4.69) is 32.9 Å². The van der Waals surface area contributed by atoms with E-state index in [0.717, 1.165) is 17.6 Å². The van der Waals surface area contributed by atoms with Gasteiger partial charge in [-0.05, 0) is 69.9 Å². The van der Waals surface area contributed by atoms with Crippen LogP contribution in [0.1, 0.15) is 73.6 Å². The number of esters is 1. The van der Waals surface area contributed by atoms with Crippen LogP contribution in [-0.4, -0.2) is 84.7 Å². The van der Waals surface area contributed by atoms with Crippen molar-refractivity contribution in [3.63, 3.8) is 0 Å². The van der Waals surface area contributed by atoms with E-state index in [4.69, 9.17) is 28.4 Å². The van der Waals surface area contributed by atoms with E-state index in [-0.39, 0.29) is 30.5 Å². The molecule has 4 heterocycles. The van der Waals surface area contributed by atoms with Crippen molar-refractivity contribution < 1.29 is 43.4 Å². The molecule has 250 valence electrons. The number of hydrogen-bond acceptors (Lipinski definition) is 9. The highest BCUT2D eigenvalue weighted by Crippen LogP contribution is 2.50. The van der Waals surface area contributed by atoms with E-state index in [9.17, 15) is 15.0 Å². The second kappa shape index (κ2) is 13.6. The Labute approximate surface area is 267 Å². The number of rotatable bonds is 3. The molecule has 0 aromatic heterocycles. The Balaban J connectivity index is 1.57. The van der Waals surface area contributed by atoms with Crippen LogP contribution in [-0.2, 0) is 33.2 Å². The molecule has 9 nitrogen and oxygen atoms in total. The van der Waals surface area contributed by atoms with Crippen LogP contribution < -0.4 is 0 Å². The Bertz CT molecular complexity index is 1260. The Hall–Kier alpha value is -2.11. The van der Waals surface area contributed by atoms with Gasteiger partial charge in [0.15, 0.2) is 12.1 Å². The van der Waals surface area contributed by atoms with Gasteiger partial charge in [-0.15, -0.1) is 0 Å². The Morgan fingerprint density at radius 2 is 1.87 bits per heavy atom. The first-order chi connectivity index (χ1) is 21.4. The van der Waals surface area contributed by atoms with Gasteiger partial charge in [0.05, 0.1) is 12.2 Å². The first kappa shape index (κ1) is 34.2. The zero-order valence-electron chi connectivity index (χ0n) is 28.0. The summed E-state index contributed by atoms with van der Waals surface area (Å²) in [4.78, 5) is 14.3. The van der Waals surface area contributed by atoms with E-state index < -0.39 is 54.0 Å². The van der Waals surface area contributed by atoms with E-state index in [1.165, 1.54) is 12.7 Å². The number of methoxy groups -OCH3 is 2. The molecule has 5 aliphatic rings. The quantitative estimate of drug-likeness (QED) is 0.327. The smallest absolute Gasteiger partial charge is 0.316 e. The van der Waals surface area contributed by atoms with Gasteiger partial charge in [-0.3, -0.25) is 4.79 Å². The van der Waals surface area contributed by atoms with Crippen molar-refractivity contribution in [2.24, 2.45) is 17.8 Å². The normalized spacial score (nSPS) is 47.6. The lowest BCUT2D eigenvalue weighted by atomic mass is 9.70. The summed E-state index contributed by atoms with van der Waals surface area (Å²) in [6.07, 6.45) is 9.81. The molecule has 1 aliphatic carbocycles. The molecule has 0 aromatic rings. The molecule has 0 saturated carbocycles. The van der Waals surface area contributed by atoms with Gasteiger partial charge in [-0.2, -0.15) is 0 Å². The van der Waals surface area contributed by atoms with Crippen molar-refractivity contribution in [3.05, 3.63) is 58.7 Å². The Morgan fingerprint density at radius 3 is 2.56 bits per heavy atom. The summed E-state index contributed by atoms with van der Waals surface area (Å²) in [6, 6.07) is 0. The third-order valence-corrected chi connectivity index (χ3v) is 10.4. The Morgan fingerprint density at radius 1 is 1.11 bits per heavy atom. The Kier molecular flexibility index (Phi) is 10.3. The van der Waals surface area contributed by atoms with Crippen LogP contribution in [0.25, 0.3) is 0 Å². The lowest BCUT2D eigenvalue weighted by Crippen LogP contribution is -2.62. The number of allylic oxidation sites excluding steroid dienone is 5. The molecule has 0 aromatic carbocycles. The fraction of sp³-hybridized carbons (Fsp3) is 0.694. The standard InChI is InChI=1S/C36H52O9/c1-9-22(4)30-24(6)17-29(37)35(45-30)19-26-18-25(44-35)14-13-21(3)15-20(2)11-10-12-27-34(41-8)43-32-31(40-7)23(5)16-28(33(38)42-26)36(27,32)39/h9-13,16,20,24-26,28-32,34,37,39H,14-15,17-19H2,1-8H3/b11-10+,21-13+,22-9+,27-12+/t20-,24-,25+,26-,28-,29+,30+,31+,32?,34?,35-,36+/m0/s1. The molecule has 12 atom stereocenters. The molecule has 2 N–H and O–H groups in total. The van der Waals surface area contributed by atoms with Gasteiger partial charge in [-0.25, -0.2) is 0 Å². The van der Waals surface area contributed by atoms with Crippen molar-refractivity contribution in [2.75, 3.05) is 14.2 Å². The highest BCUT2D eigenvalue weighted by Gasteiger charge is 2.64. The average Bonchev–Trinajstić information content (AvgIpc) is 3.28. The van der Waals surface area contributed by atoms with Crippen molar-refractivity contribution in [1.29, 1.82) is 0 Å². The first-order valence-corrected chi connectivity index (χ1v) is 16.4. The summed E-state index contributed by atoms with van der Waals surface area (Å²) in [5.41, 5.74) is 1.70. The minimum absolute atomic E-state index is 0.0885. The molecule has 0 radical (unpaired) electrons. The van der Waals surface area contributed by atoms with Crippen LogP contribution in [0.4, 0.5) is 0 Å². The average molecular weight is 629 g/mol. The monoisotopic (exact) mass is 628 g/mol. The molecule has 2 unspecified atom stereocenters. The molecule has 45 heavy (non-hydrogen) atoms. The maximum atomic E-state index is 14.3. The molecule has 5 rings (SSSR count). The van der Waals surface area contributed by atoms with Gasteiger partial charge >= 0.3 is 5.97 Å². The second-order valence-corrected chi connectivity index (χ2v) is 13.8. The summed E-state index contributed by atoms with van der Waals surface area (Å²) in [6.45, 7) is 12.2. The largest absolute Gasteiger partial charge is 0.462 e. The zero-order valence-corrected chi connectivity index (χ0v) is 28.0. The number of aliphatic hydroxyl groups is 2.